The van der Waals surface area contributed by atoms with Crippen LogP contribution in [0.2, 0.25) is 0 Å². The van der Waals surface area contributed by atoms with Crippen molar-refractivity contribution >= 4 is 15.9 Å². The average Bonchev–Trinajstić information content (AvgIpc) is 2.47. The van der Waals surface area contributed by atoms with Crippen molar-refractivity contribution in [3.63, 3.8) is 0 Å². The lowest BCUT2D eigenvalue weighted by molar-refractivity contribution is -0.120. The van der Waals surface area contributed by atoms with Gasteiger partial charge in [-0.3, -0.25) is 4.79 Å². The molecule has 122 valence electrons. The Kier molecular flexibility index (Phi) is 5.46. The van der Waals surface area contributed by atoms with Crippen molar-refractivity contribution in [1.82, 2.24) is 5.32 Å². The molecule has 7 heteroatoms. The summed E-state index contributed by atoms with van der Waals surface area (Å²) in [5.41, 5.74) is 1.49. The van der Waals surface area contributed by atoms with Gasteiger partial charge < -0.3 is 5.32 Å². The summed E-state index contributed by atoms with van der Waals surface area (Å²) in [5.74, 6) is -0.568. The van der Waals surface area contributed by atoms with Crippen molar-refractivity contribution in [3.8, 4) is 0 Å². The maximum Gasteiger partial charge on any atom is 0.238 e. The summed E-state index contributed by atoms with van der Waals surface area (Å²) in [7, 11) is -3.69. The Balaban J connectivity index is 1.81. The molecule has 0 atom stereocenters. The Hall–Kier alpha value is -2.25. The highest BCUT2D eigenvalue weighted by Crippen LogP contribution is 2.09. The first-order chi connectivity index (χ1) is 10.8. The number of hydrogen-bond acceptors (Lipinski definition) is 3. The Morgan fingerprint density at radius 3 is 2.39 bits per heavy atom. The van der Waals surface area contributed by atoms with Gasteiger partial charge in [-0.1, -0.05) is 24.3 Å². The lowest BCUT2D eigenvalue weighted by Gasteiger charge is -2.06. The van der Waals surface area contributed by atoms with Gasteiger partial charge in [0.1, 0.15) is 5.82 Å². The number of sulfonamides is 1. The minimum absolute atomic E-state index is 0.0522. The van der Waals surface area contributed by atoms with E-state index >= 15 is 0 Å². The molecule has 0 unspecified atom stereocenters. The van der Waals surface area contributed by atoms with Gasteiger partial charge in [0.2, 0.25) is 15.9 Å². The molecule has 0 aromatic heterocycles. The van der Waals surface area contributed by atoms with E-state index in [1.54, 1.807) is 24.3 Å². The third-order valence-corrected chi connectivity index (χ3v) is 4.17. The maximum atomic E-state index is 13.0. The molecule has 0 aliphatic rings. The van der Waals surface area contributed by atoms with E-state index in [9.17, 15) is 17.6 Å². The minimum atomic E-state index is -3.69. The summed E-state index contributed by atoms with van der Waals surface area (Å²) in [6.07, 6.45) is 0.669. The van der Waals surface area contributed by atoms with Crippen LogP contribution >= 0.6 is 0 Å². The standard InChI is InChI=1S/C16H17FN2O3S/c17-14-3-1-2-13(10-14)11-16(20)19-9-8-12-4-6-15(7-5-12)23(18,21)22/h1-7,10H,8-9,11H2,(H,19,20)(H2,18,21,22). The van der Waals surface area contributed by atoms with Crippen LogP contribution in [-0.2, 0) is 27.7 Å². The van der Waals surface area contributed by atoms with Crippen LogP contribution in [0, 0.1) is 5.82 Å². The number of nitrogens with two attached hydrogens (primary N) is 1. The van der Waals surface area contributed by atoms with Gasteiger partial charge in [0, 0.05) is 6.54 Å². The van der Waals surface area contributed by atoms with Crippen molar-refractivity contribution in [2.24, 2.45) is 5.14 Å². The Morgan fingerprint density at radius 2 is 1.78 bits per heavy atom. The van der Waals surface area contributed by atoms with Crippen molar-refractivity contribution in [1.29, 1.82) is 0 Å². The molecule has 0 saturated heterocycles. The van der Waals surface area contributed by atoms with E-state index in [1.807, 2.05) is 0 Å². The molecule has 2 aromatic rings. The first kappa shape index (κ1) is 17.1. The van der Waals surface area contributed by atoms with Gasteiger partial charge in [-0.05, 0) is 41.8 Å². The number of primary sulfonamides is 1. The molecule has 0 bridgehead atoms. The van der Waals surface area contributed by atoms with Crippen LogP contribution in [-0.4, -0.2) is 20.9 Å². The number of rotatable bonds is 6. The largest absolute Gasteiger partial charge is 0.355 e. The first-order valence-corrected chi connectivity index (χ1v) is 8.52. The SMILES string of the molecule is NS(=O)(=O)c1ccc(CCNC(=O)Cc2cccc(F)c2)cc1. The fraction of sp³-hybridized carbons (Fsp3) is 0.188. The molecule has 0 aliphatic heterocycles. The van der Waals surface area contributed by atoms with Crippen molar-refractivity contribution in [2.45, 2.75) is 17.7 Å². The number of carbonyl (C=O) groups is 1. The minimum Gasteiger partial charge on any atom is -0.355 e. The molecule has 0 aliphatic carbocycles. The molecule has 0 radical (unpaired) electrons. The van der Waals surface area contributed by atoms with Gasteiger partial charge in [0.05, 0.1) is 11.3 Å². The number of carbonyl (C=O) groups excluding carboxylic acids is 1. The van der Waals surface area contributed by atoms with Crippen LogP contribution in [0.4, 0.5) is 4.39 Å². The lowest BCUT2D eigenvalue weighted by Crippen LogP contribution is -2.27. The fourth-order valence-electron chi connectivity index (χ4n) is 2.09. The summed E-state index contributed by atoms with van der Waals surface area (Å²) >= 11 is 0. The van der Waals surface area contributed by atoms with Crippen LogP contribution < -0.4 is 10.5 Å². The molecule has 1 amide bonds. The normalized spacial score (nSPS) is 11.2. The van der Waals surface area contributed by atoms with E-state index in [0.717, 1.165) is 5.56 Å². The van der Waals surface area contributed by atoms with Crippen molar-refractivity contribution in [3.05, 3.63) is 65.5 Å². The molecule has 23 heavy (non-hydrogen) atoms. The Bertz CT molecular complexity index is 789. The molecule has 2 aromatic carbocycles. The highest BCUT2D eigenvalue weighted by Gasteiger charge is 2.07. The second-order valence-electron chi connectivity index (χ2n) is 5.10. The topological polar surface area (TPSA) is 89.3 Å². The van der Waals surface area contributed by atoms with Crippen molar-refractivity contribution in [2.75, 3.05) is 6.54 Å². The summed E-state index contributed by atoms with van der Waals surface area (Å²) in [4.78, 5) is 11.8. The van der Waals surface area contributed by atoms with Gasteiger partial charge in [-0.15, -0.1) is 0 Å². The molecular weight excluding hydrogens is 319 g/mol. The highest BCUT2D eigenvalue weighted by molar-refractivity contribution is 7.89. The number of halogens is 1. The Labute approximate surface area is 134 Å². The molecule has 2 rings (SSSR count). The van der Waals surface area contributed by atoms with Crippen LogP contribution in [0.1, 0.15) is 11.1 Å². The second kappa shape index (κ2) is 7.34. The third kappa shape index (κ3) is 5.46. The summed E-state index contributed by atoms with van der Waals surface area (Å²) in [6, 6.07) is 12.1. The number of benzene rings is 2. The van der Waals surface area contributed by atoms with Gasteiger partial charge in [0.25, 0.3) is 0 Å². The van der Waals surface area contributed by atoms with E-state index in [2.05, 4.69) is 5.32 Å². The molecule has 0 fully saturated rings. The van der Waals surface area contributed by atoms with Gasteiger partial charge >= 0.3 is 0 Å². The van der Waals surface area contributed by atoms with E-state index in [4.69, 9.17) is 5.14 Å². The molecule has 0 spiro atoms. The zero-order valence-electron chi connectivity index (χ0n) is 12.3. The monoisotopic (exact) mass is 336 g/mol. The number of nitrogens with one attached hydrogen (secondary N) is 1. The van der Waals surface area contributed by atoms with Crippen LogP contribution in [0.5, 0.6) is 0 Å². The predicted octanol–water partition coefficient (Wildman–Crippen LogP) is 1.37. The Morgan fingerprint density at radius 1 is 1.09 bits per heavy atom. The number of amides is 1. The van der Waals surface area contributed by atoms with E-state index in [1.165, 1.54) is 24.3 Å². The highest BCUT2D eigenvalue weighted by atomic mass is 32.2. The zero-order valence-corrected chi connectivity index (χ0v) is 13.1. The molecule has 0 heterocycles. The molecule has 0 saturated carbocycles. The smallest absolute Gasteiger partial charge is 0.238 e. The van der Waals surface area contributed by atoms with Gasteiger partial charge in [-0.2, -0.15) is 0 Å². The summed E-state index contributed by atoms with van der Waals surface area (Å²) < 4.78 is 35.3. The zero-order chi connectivity index (χ0) is 16.9. The van der Waals surface area contributed by atoms with E-state index < -0.39 is 10.0 Å². The van der Waals surface area contributed by atoms with E-state index in [-0.39, 0.29) is 23.0 Å². The fourth-order valence-corrected chi connectivity index (χ4v) is 2.60. The third-order valence-electron chi connectivity index (χ3n) is 3.24. The van der Waals surface area contributed by atoms with Crippen LogP contribution in [0.25, 0.3) is 0 Å². The van der Waals surface area contributed by atoms with Crippen LogP contribution in [0.3, 0.4) is 0 Å². The maximum absolute atomic E-state index is 13.0. The van der Waals surface area contributed by atoms with Gasteiger partial charge in [-0.25, -0.2) is 17.9 Å². The predicted molar refractivity (Wildman–Crippen MR) is 84.6 cm³/mol. The van der Waals surface area contributed by atoms with E-state index in [0.29, 0.717) is 18.5 Å². The average molecular weight is 336 g/mol. The number of hydrogen-bond donors (Lipinski definition) is 2. The summed E-state index contributed by atoms with van der Waals surface area (Å²) in [6.45, 7) is 0.406. The second-order valence-corrected chi connectivity index (χ2v) is 6.66. The molecular formula is C16H17FN2O3S. The first-order valence-electron chi connectivity index (χ1n) is 6.97. The van der Waals surface area contributed by atoms with Gasteiger partial charge in [0.15, 0.2) is 0 Å². The van der Waals surface area contributed by atoms with Crippen LogP contribution in [0.15, 0.2) is 53.4 Å². The summed E-state index contributed by atoms with van der Waals surface area (Å²) in [5, 5.41) is 7.76. The quantitative estimate of drug-likeness (QED) is 0.835. The molecule has 5 nitrogen and oxygen atoms in total. The molecule has 3 N–H and O–H groups in total. The lowest BCUT2D eigenvalue weighted by atomic mass is 10.1. The van der Waals surface area contributed by atoms with Crippen molar-refractivity contribution < 1.29 is 17.6 Å².